The van der Waals surface area contributed by atoms with Crippen LogP contribution in [0, 0.1) is 16.0 Å². The summed E-state index contributed by atoms with van der Waals surface area (Å²) in [5.74, 6) is 0.222. The topological polar surface area (TPSA) is 64.4 Å². The molecule has 1 fully saturated rings. The molecule has 1 aromatic rings. The average Bonchev–Trinajstić information content (AvgIpc) is 2.44. The second-order valence-electron chi connectivity index (χ2n) is 5.44. The lowest BCUT2D eigenvalue weighted by Gasteiger charge is -2.28. The van der Waals surface area contributed by atoms with Crippen LogP contribution in [-0.2, 0) is 10.9 Å². The third kappa shape index (κ3) is 4.09. The first-order valence-corrected chi connectivity index (χ1v) is 6.98. The molecule has 22 heavy (non-hydrogen) atoms. The lowest BCUT2D eigenvalue weighted by Crippen LogP contribution is -2.28. The number of anilines is 1. The summed E-state index contributed by atoms with van der Waals surface area (Å²) in [7, 11) is 0. The van der Waals surface area contributed by atoms with Gasteiger partial charge in [-0.2, -0.15) is 13.2 Å². The molecule has 0 spiro atoms. The third-order valence-electron chi connectivity index (χ3n) is 3.69. The summed E-state index contributed by atoms with van der Waals surface area (Å²) in [6.07, 6.45) is -2.98. The first-order valence-electron chi connectivity index (χ1n) is 6.98. The van der Waals surface area contributed by atoms with Crippen molar-refractivity contribution in [3.63, 3.8) is 0 Å². The van der Waals surface area contributed by atoms with Crippen LogP contribution in [0.3, 0.4) is 0 Å². The average molecular weight is 318 g/mol. The summed E-state index contributed by atoms with van der Waals surface area (Å²) in [6, 6.07) is 2.75. The Bertz CT molecular complexity index is 549. The molecule has 5 nitrogen and oxygen atoms in total. The molecule has 1 aliphatic heterocycles. The van der Waals surface area contributed by atoms with Gasteiger partial charge in [0.15, 0.2) is 0 Å². The summed E-state index contributed by atoms with van der Waals surface area (Å²) < 4.78 is 44.5. The first kappa shape index (κ1) is 16.5. The maximum absolute atomic E-state index is 13.0. The van der Waals surface area contributed by atoms with Crippen LogP contribution in [0.5, 0.6) is 0 Å². The molecule has 2 rings (SSSR count). The fourth-order valence-corrected chi connectivity index (χ4v) is 2.57. The number of nitrogens with one attached hydrogen (secondary N) is 1. The number of non-ortho nitro benzene ring substituents is 1. The Morgan fingerprint density at radius 1 is 1.45 bits per heavy atom. The van der Waals surface area contributed by atoms with E-state index in [1.807, 2.05) is 6.92 Å². The molecular weight excluding hydrogens is 301 g/mol. The van der Waals surface area contributed by atoms with Gasteiger partial charge in [0.25, 0.3) is 5.69 Å². The zero-order valence-corrected chi connectivity index (χ0v) is 12.0. The molecule has 122 valence electrons. The Morgan fingerprint density at radius 2 is 2.18 bits per heavy atom. The van der Waals surface area contributed by atoms with E-state index in [0.29, 0.717) is 19.2 Å². The van der Waals surface area contributed by atoms with E-state index in [9.17, 15) is 23.3 Å². The summed E-state index contributed by atoms with van der Waals surface area (Å²) in [6.45, 7) is 2.91. The van der Waals surface area contributed by atoms with E-state index >= 15 is 0 Å². The van der Waals surface area contributed by atoms with E-state index in [1.165, 1.54) is 0 Å². The molecule has 2 atom stereocenters. The van der Waals surface area contributed by atoms with Gasteiger partial charge >= 0.3 is 6.18 Å². The Balaban J connectivity index is 2.14. The minimum Gasteiger partial charge on any atom is -0.384 e. The molecule has 0 aromatic heterocycles. The number of halogens is 3. The largest absolute Gasteiger partial charge is 0.418 e. The Labute approximate surface area is 125 Å². The van der Waals surface area contributed by atoms with Crippen molar-refractivity contribution in [1.82, 2.24) is 0 Å². The Morgan fingerprint density at radius 3 is 2.77 bits per heavy atom. The van der Waals surface area contributed by atoms with E-state index in [2.05, 4.69) is 5.32 Å². The van der Waals surface area contributed by atoms with Crippen LogP contribution in [0.15, 0.2) is 18.2 Å². The van der Waals surface area contributed by atoms with Gasteiger partial charge in [0.05, 0.1) is 16.6 Å². The maximum Gasteiger partial charge on any atom is 0.418 e. The molecule has 0 bridgehead atoms. The quantitative estimate of drug-likeness (QED) is 0.676. The summed E-state index contributed by atoms with van der Waals surface area (Å²) >= 11 is 0. The predicted molar refractivity (Wildman–Crippen MR) is 74.7 cm³/mol. The number of ether oxygens (including phenoxy) is 1. The van der Waals surface area contributed by atoms with Crippen molar-refractivity contribution in [1.29, 1.82) is 0 Å². The first-order chi connectivity index (χ1) is 10.3. The molecule has 0 amide bonds. The molecule has 0 unspecified atom stereocenters. The monoisotopic (exact) mass is 318 g/mol. The summed E-state index contributed by atoms with van der Waals surface area (Å²) in [4.78, 5) is 9.80. The fourth-order valence-electron chi connectivity index (χ4n) is 2.57. The van der Waals surface area contributed by atoms with E-state index < -0.39 is 22.4 Å². The van der Waals surface area contributed by atoms with Gasteiger partial charge in [-0.25, -0.2) is 0 Å². The zero-order valence-electron chi connectivity index (χ0n) is 12.0. The Kier molecular flexibility index (Phi) is 4.90. The highest BCUT2D eigenvalue weighted by Gasteiger charge is 2.35. The van der Waals surface area contributed by atoms with Crippen LogP contribution in [-0.4, -0.2) is 24.2 Å². The van der Waals surface area contributed by atoms with Crippen molar-refractivity contribution in [2.45, 2.75) is 32.0 Å². The fraction of sp³-hybridized carbons (Fsp3) is 0.571. The van der Waals surface area contributed by atoms with Crippen molar-refractivity contribution in [2.75, 3.05) is 18.5 Å². The van der Waals surface area contributed by atoms with Crippen molar-refractivity contribution in [3.8, 4) is 0 Å². The SMILES string of the molecule is C[C@@H]1C[C@@H](CNc2ccc([N+](=O)[O-])cc2C(F)(F)F)CCO1. The van der Waals surface area contributed by atoms with Gasteiger partial charge in [-0.1, -0.05) is 0 Å². The molecule has 1 heterocycles. The molecule has 1 aliphatic rings. The van der Waals surface area contributed by atoms with Crippen LogP contribution in [0.2, 0.25) is 0 Å². The number of hydrogen-bond donors (Lipinski definition) is 1. The minimum atomic E-state index is -4.64. The van der Waals surface area contributed by atoms with E-state index in [4.69, 9.17) is 4.74 Å². The van der Waals surface area contributed by atoms with Crippen LogP contribution in [0.25, 0.3) is 0 Å². The van der Waals surface area contributed by atoms with Gasteiger partial charge < -0.3 is 10.1 Å². The Hall–Kier alpha value is -1.83. The standard InChI is InChI=1S/C14H17F3N2O3/c1-9-6-10(4-5-22-9)8-18-13-3-2-11(19(20)21)7-12(13)14(15,16)17/h2-3,7,9-10,18H,4-6,8H2,1H3/t9-,10+/m1/s1. The van der Waals surface area contributed by atoms with Gasteiger partial charge in [0, 0.05) is 31.0 Å². The number of benzene rings is 1. The molecule has 1 saturated heterocycles. The van der Waals surface area contributed by atoms with Gasteiger partial charge in [-0.15, -0.1) is 0 Å². The molecule has 0 saturated carbocycles. The highest BCUT2D eigenvalue weighted by molar-refractivity contribution is 5.57. The molecular formula is C14H17F3N2O3. The molecule has 1 N–H and O–H groups in total. The van der Waals surface area contributed by atoms with Gasteiger partial charge in [-0.05, 0) is 31.7 Å². The van der Waals surface area contributed by atoms with E-state index in [-0.39, 0.29) is 17.7 Å². The van der Waals surface area contributed by atoms with Crippen molar-refractivity contribution < 1.29 is 22.8 Å². The second-order valence-corrected chi connectivity index (χ2v) is 5.44. The summed E-state index contributed by atoms with van der Waals surface area (Å²) in [5.41, 5.74) is -1.71. The van der Waals surface area contributed by atoms with Crippen LogP contribution < -0.4 is 5.32 Å². The van der Waals surface area contributed by atoms with Gasteiger partial charge in [0.2, 0.25) is 0 Å². The highest BCUT2D eigenvalue weighted by Crippen LogP contribution is 2.37. The van der Waals surface area contributed by atoms with Crippen LogP contribution in [0.1, 0.15) is 25.3 Å². The van der Waals surface area contributed by atoms with Gasteiger partial charge in [-0.3, -0.25) is 10.1 Å². The second kappa shape index (κ2) is 6.51. The smallest absolute Gasteiger partial charge is 0.384 e. The lowest BCUT2D eigenvalue weighted by molar-refractivity contribution is -0.385. The number of hydrogen-bond acceptors (Lipinski definition) is 4. The van der Waals surface area contributed by atoms with Gasteiger partial charge in [0.1, 0.15) is 0 Å². The number of nitro benzene ring substituents is 1. The maximum atomic E-state index is 13.0. The number of alkyl halides is 3. The molecule has 0 aliphatic carbocycles. The normalized spacial score (nSPS) is 22.4. The number of rotatable bonds is 4. The van der Waals surface area contributed by atoms with Crippen molar-refractivity contribution in [3.05, 3.63) is 33.9 Å². The van der Waals surface area contributed by atoms with Crippen molar-refractivity contribution in [2.24, 2.45) is 5.92 Å². The van der Waals surface area contributed by atoms with Crippen molar-refractivity contribution >= 4 is 11.4 Å². The van der Waals surface area contributed by atoms with Crippen LogP contribution >= 0.6 is 0 Å². The highest BCUT2D eigenvalue weighted by atomic mass is 19.4. The molecule has 8 heteroatoms. The summed E-state index contributed by atoms with van der Waals surface area (Å²) in [5, 5.41) is 13.4. The van der Waals surface area contributed by atoms with E-state index in [0.717, 1.165) is 25.0 Å². The lowest BCUT2D eigenvalue weighted by atomic mass is 9.96. The van der Waals surface area contributed by atoms with E-state index in [1.54, 1.807) is 0 Å². The zero-order chi connectivity index (χ0) is 16.3. The molecule has 1 aromatic carbocycles. The third-order valence-corrected chi connectivity index (χ3v) is 3.69. The predicted octanol–water partition coefficient (Wildman–Crippen LogP) is 3.84. The number of nitro groups is 1. The number of nitrogens with zero attached hydrogens (tertiary/aromatic N) is 1. The van der Waals surface area contributed by atoms with Crippen LogP contribution in [0.4, 0.5) is 24.5 Å². The molecule has 0 radical (unpaired) electrons. The minimum absolute atomic E-state index is 0.0968.